The van der Waals surface area contributed by atoms with Crippen molar-refractivity contribution in [2.45, 2.75) is 12.7 Å². The van der Waals surface area contributed by atoms with Gasteiger partial charge < -0.3 is 4.90 Å². The molecule has 0 aliphatic carbocycles. The van der Waals surface area contributed by atoms with Crippen molar-refractivity contribution in [2.75, 3.05) is 7.05 Å². The quantitative estimate of drug-likeness (QED) is 0.700. The predicted octanol–water partition coefficient (Wildman–Crippen LogP) is 4.53. The van der Waals surface area contributed by atoms with Gasteiger partial charge in [-0.1, -0.05) is 24.3 Å². The number of nitrogens with zero attached hydrogens (tertiary/aromatic N) is 2. The van der Waals surface area contributed by atoms with E-state index < -0.39 is 11.7 Å². The van der Waals surface area contributed by atoms with Gasteiger partial charge in [0.05, 0.1) is 11.1 Å². The van der Waals surface area contributed by atoms with E-state index in [0.29, 0.717) is 11.1 Å². The first kappa shape index (κ1) is 17.0. The summed E-state index contributed by atoms with van der Waals surface area (Å²) in [5.74, 6) is -0.210. The Morgan fingerprint density at radius 3 is 2.44 bits per heavy atom. The van der Waals surface area contributed by atoms with E-state index in [0.717, 1.165) is 23.0 Å². The number of rotatable bonds is 3. The van der Waals surface area contributed by atoms with Gasteiger partial charge in [0.15, 0.2) is 0 Å². The van der Waals surface area contributed by atoms with Gasteiger partial charge in [-0.05, 0) is 35.9 Å². The summed E-state index contributed by atoms with van der Waals surface area (Å²) in [5, 5.41) is 0.745. The SMILES string of the molecule is CN(Cc1ccc(C(F)(F)F)cc1)C(=O)c1cccc2ncccc12. The van der Waals surface area contributed by atoms with Crippen molar-refractivity contribution < 1.29 is 18.0 Å². The molecule has 0 aliphatic heterocycles. The van der Waals surface area contributed by atoms with Gasteiger partial charge in [0.25, 0.3) is 5.91 Å². The van der Waals surface area contributed by atoms with E-state index >= 15 is 0 Å². The number of benzene rings is 2. The van der Waals surface area contributed by atoms with Gasteiger partial charge >= 0.3 is 6.18 Å². The highest BCUT2D eigenvalue weighted by Crippen LogP contribution is 2.29. The fraction of sp³-hybridized carbons (Fsp3) is 0.158. The molecule has 0 spiro atoms. The zero-order valence-electron chi connectivity index (χ0n) is 13.4. The van der Waals surface area contributed by atoms with Gasteiger partial charge in [0, 0.05) is 30.7 Å². The molecule has 0 aliphatic rings. The number of fused-ring (bicyclic) bond motifs is 1. The molecule has 0 saturated carbocycles. The van der Waals surface area contributed by atoms with Gasteiger partial charge in [0.2, 0.25) is 0 Å². The molecule has 0 unspecified atom stereocenters. The van der Waals surface area contributed by atoms with Crippen molar-refractivity contribution in [3.05, 3.63) is 77.5 Å². The third-order valence-corrected chi connectivity index (χ3v) is 3.92. The second kappa shape index (κ2) is 6.55. The molecule has 1 heterocycles. The maximum atomic E-state index is 12.7. The summed E-state index contributed by atoms with van der Waals surface area (Å²) in [6, 6.07) is 13.7. The second-order valence-electron chi connectivity index (χ2n) is 5.73. The first-order valence-corrected chi connectivity index (χ1v) is 7.61. The third-order valence-electron chi connectivity index (χ3n) is 3.92. The standard InChI is InChI=1S/C19H15F3N2O/c1-24(12-13-7-9-14(10-8-13)19(20,21)22)18(25)16-4-2-6-17-15(16)5-3-11-23-17/h2-11H,12H2,1H3. The van der Waals surface area contributed by atoms with Gasteiger partial charge in [-0.2, -0.15) is 13.2 Å². The van der Waals surface area contributed by atoms with Crippen LogP contribution in [0.25, 0.3) is 10.9 Å². The van der Waals surface area contributed by atoms with Crippen LogP contribution in [-0.2, 0) is 12.7 Å². The third kappa shape index (κ3) is 3.63. The molecule has 6 heteroatoms. The molecular weight excluding hydrogens is 329 g/mol. The fourth-order valence-corrected chi connectivity index (χ4v) is 2.64. The number of aromatic nitrogens is 1. The molecule has 0 N–H and O–H groups in total. The minimum Gasteiger partial charge on any atom is -0.337 e. The number of halogens is 3. The lowest BCUT2D eigenvalue weighted by atomic mass is 10.1. The number of carbonyl (C=O) groups excluding carboxylic acids is 1. The molecule has 1 amide bonds. The van der Waals surface area contributed by atoms with Crippen molar-refractivity contribution in [3.63, 3.8) is 0 Å². The number of carbonyl (C=O) groups is 1. The number of hydrogen-bond donors (Lipinski definition) is 0. The minimum atomic E-state index is -4.36. The molecule has 3 nitrogen and oxygen atoms in total. The number of hydrogen-bond acceptors (Lipinski definition) is 2. The monoisotopic (exact) mass is 344 g/mol. The van der Waals surface area contributed by atoms with E-state index in [4.69, 9.17) is 0 Å². The topological polar surface area (TPSA) is 33.2 Å². The Balaban J connectivity index is 1.81. The summed E-state index contributed by atoms with van der Waals surface area (Å²) >= 11 is 0. The Kier molecular flexibility index (Phi) is 4.44. The van der Waals surface area contributed by atoms with Gasteiger partial charge in [0.1, 0.15) is 0 Å². The minimum absolute atomic E-state index is 0.210. The van der Waals surface area contributed by atoms with Crippen molar-refractivity contribution in [1.29, 1.82) is 0 Å². The molecule has 0 bridgehead atoms. The highest BCUT2D eigenvalue weighted by Gasteiger charge is 2.30. The molecule has 3 aromatic rings. The van der Waals surface area contributed by atoms with Crippen LogP contribution in [-0.4, -0.2) is 22.8 Å². The Morgan fingerprint density at radius 1 is 1.04 bits per heavy atom. The van der Waals surface area contributed by atoms with Crippen molar-refractivity contribution >= 4 is 16.8 Å². The summed E-state index contributed by atoms with van der Waals surface area (Å²) in [6.07, 6.45) is -2.71. The summed E-state index contributed by atoms with van der Waals surface area (Å²) in [4.78, 5) is 18.4. The van der Waals surface area contributed by atoms with Crippen LogP contribution in [0.15, 0.2) is 60.8 Å². The molecular formula is C19H15F3N2O. The lowest BCUT2D eigenvalue weighted by Crippen LogP contribution is -2.26. The maximum absolute atomic E-state index is 12.7. The molecule has 0 atom stereocenters. The normalized spacial score (nSPS) is 11.5. The Labute approximate surface area is 142 Å². The highest BCUT2D eigenvalue weighted by atomic mass is 19.4. The maximum Gasteiger partial charge on any atom is 0.416 e. The van der Waals surface area contributed by atoms with E-state index in [9.17, 15) is 18.0 Å². The van der Waals surface area contributed by atoms with E-state index in [1.165, 1.54) is 17.0 Å². The molecule has 0 radical (unpaired) electrons. The fourth-order valence-electron chi connectivity index (χ4n) is 2.64. The van der Waals surface area contributed by atoms with Crippen LogP contribution in [0.3, 0.4) is 0 Å². The molecule has 0 saturated heterocycles. The molecule has 3 rings (SSSR count). The van der Waals surface area contributed by atoms with Crippen LogP contribution >= 0.6 is 0 Å². The van der Waals surface area contributed by atoms with Gasteiger partial charge in [-0.25, -0.2) is 0 Å². The Bertz CT molecular complexity index is 899. The lowest BCUT2D eigenvalue weighted by Gasteiger charge is -2.18. The zero-order chi connectivity index (χ0) is 18.0. The van der Waals surface area contributed by atoms with E-state index in [2.05, 4.69) is 4.98 Å². The van der Waals surface area contributed by atoms with E-state index in [1.54, 1.807) is 31.4 Å². The van der Waals surface area contributed by atoms with Crippen LogP contribution in [0.4, 0.5) is 13.2 Å². The largest absolute Gasteiger partial charge is 0.416 e. The highest BCUT2D eigenvalue weighted by molar-refractivity contribution is 6.05. The molecule has 1 aromatic heterocycles. The van der Waals surface area contributed by atoms with E-state index in [1.807, 2.05) is 12.1 Å². The van der Waals surface area contributed by atoms with Crippen molar-refractivity contribution in [1.82, 2.24) is 9.88 Å². The number of amides is 1. The average molecular weight is 344 g/mol. The van der Waals surface area contributed by atoms with Crippen LogP contribution in [0.1, 0.15) is 21.5 Å². The smallest absolute Gasteiger partial charge is 0.337 e. The van der Waals surface area contributed by atoms with Crippen LogP contribution in [0.5, 0.6) is 0 Å². The summed E-state index contributed by atoms with van der Waals surface area (Å²) in [6.45, 7) is 0.216. The molecule has 0 fully saturated rings. The first-order chi connectivity index (χ1) is 11.9. The second-order valence-corrected chi connectivity index (χ2v) is 5.73. The molecule has 2 aromatic carbocycles. The summed E-state index contributed by atoms with van der Waals surface area (Å²) in [5.41, 5.74) is 1.16. The Hall–Kier alpha value is -2.89. The van der Waals surface area contributed by atoms with Crippen molar-refractivity contribution in [2.24, 2.45) is 0 Å². The Morgan fingerprint density at radius 2 is 1.76 bits per heavy atom. The number of alkyl halides is 3. The van der Waals surface area contributed by atoms with Crippen LogP contribution in [0.2, 0.25) is 0 Å². The van der Waals surface area contributed by atoms with Crippen LogP contribution < -0.4 is 0 Å². The molecule has 25 heavy (non-hydrogen) atoms. The average Bonchev–Trinajstić information content (AvgIpc) is 2.60. The predicted molar refractivity (Wildman–Crippen MR) is 89.0 cm³/mol. The van der Waals surface area contributed by atoms with E-state index in [-0.39, 0.29) is 12.5 Å². The summed E-state index contributed by atoms with van der Waals surface area (Å²) < 4.78 is 37.8. The zero-order valence-corrected chi connectivity index (χ0v) is 13.4. The van der Waals surface area contributed by atoms with Crippen LogP contribution in [0, 0.1) is 0 Å². The van der Waals surface area contributed by atoms with Crippen molar-refractivity contribution in [3.8, 4) is 0 Å². The van der Waals surface area contributed by atoms with Gasteiger partial charge in [-0.3, -0.25) is 9.78 Å². The first-order valence-electron chi connectivity index (χ1n) is 7.61. The number of pyridine rings is 1. The summed E-state index contributed by atoms with van der Waals surface area (Å²) in [7, 11) is 1.62. The van der Waals surface area contributed by atoms with Gasteiger partial charge in [-0.15, -0.1) is 0 Å². The molecule has 128 valence electrons. The lowest BCUT2D eigenvalue weighted by molar-refractivity contribution is -0.137.